The summed E-state index contributed by atoms with van der Waals surface area (Å²) in [6, 6.07) is 0. The lowest BCUT2D eigenvalue weighted by Gasteiger charge is -2.41. The van der Waals surface area contributed by atoms with Crippen LogP contribution in [0.1, 0.15) is 13.8 Å². The summed E-state index contributed by atoms with van der Waals surface area (Å²) in [5, 5.41) is 18.8. The Morgan fingerprint density at radius 2 is 2.00 bits per heavy atom. The molecule has 0 aromatic rings. The van der Waals surface area contributed by atoms with Crippen molar-refractivity contribution in [2.75, 3.05) is 13.7 Å². The van der Waals surface area contributed by atoms with Crippen LogP contribution >= 0.6 is 0 Å². The second-order valence-electron chi connectivity index (χ2n) is 3.61. The van der Waals surface area contributed by atoms with Crippen LogP contribution in [0.3, 0.4) is 0 Å². The maximum atomic E-state index is 9.79. The number of ether oxygens (including phenoxy) is 2. The smallest absolute Gasteiger partial charge is 0.109 e. The minimum atomic E-state index is -0.564. The number of hydrogen-bond acceptors (Lipinski definition) is 4. The summed E-state index contributed by atoms with van der Waals surface area (Å²) in [5.74, 6) is -0.0915. The Bertz CT molecular complexity index is 162. The van der Waals surface area contributed by atoms with Crippen molar-refractivity contribution in [3.05, 3.63) is 0 Å². The molecule has 1 rings (SSSR count). The molecule has 0 aromatic heterocycles. The van der Waals surface area contributed by atoms with E-state index in [2.05, 4.69) is 0 Å². The molecule has 4 heteroatoms. The van der Waals surface area contributed by atoms with Crippen molar-refractivity contribution in [2.24, 2.45) is 5.92 Å². The second-order valence-corrected chi connectivity index (χ2v) is 3.61. The molecule has 1 aliphatic heterocycles. The van der Waals surface area contributed by atoms with Crippen LogP contribution in [0.5, 0.6) is 0 Å². The third-order valence-corrected chi connectivity index (χ3v) is 2.77. The molecule has 5 atom stereocenters. The van der Waals surface area contributed by atoms with Crippen LogP contribution in [0.2, 0.25) is 0 Å². The molecule has 2 N–H and O–H groups in total. The zero-order valence-electron chi connectivity index (χ0n) is 8.30. The van der Waals surface area contributed by atoms with Crippen LogP contribution in [0, 0.1) is 5.92 Å². The first-order chi connectivity index (χ1) is 6.11. The Morgan fingerprint density at radius 3 is 2.46 bits per heavy atom. The first-order valence-electron chi connectivity index (χ1n) is 4.59. The van der Waals surface area contributed by atoms with Gasteiger partial charge in [0.15, 0.2) is 0 Å². The van der Waals surface area contributed by atoms with Gasteiger partial charge in [0.05, 0.1) is 24.9 Å². The van der Waals surface area contributed by atoms with E-state index in [1.807, 2.05) is 13.8 Å². The highest BCUT2D eigenvalue weighted by Gasteiger charge is 2.40. The molecule has 5 unspecified atom stereocenters. The third-order valence-electron chi connectivity index (χ3n) is 2.77. The van der Waals surface area contributed by atoms with Crippen molar-refractivity contribution in [1.82, 2.24) is 0 Å². The average Bonchev–Trinajstić information content (AvgIpc) is 2.12. The lowest BCUT2D eigenvalue weighted by Crippen LogP contribution is -2.54. The molecule has 1 saturated heterocycles. The zero-order chi connectivity index (χ0) is 10.0. The Balaban J connectivity index is 2.66. The number of methoxy groups -OCH3 is 1. The van der Waals surface area contributed by atoms with Gasteiger partial charge in [0.1, 0.15) is 6.10 Å². The quantitative estimate of drug-likeness (QED) is 0.632. The summed E-state index contributed by atoms with van der Waals surface area (Å²) >= 11 is 0. The maximum Gasteiger partial charge on any atom is 0.109 e. The van der Waals surface area contributed by atoms with E-state index in [-0.39, 0.29) is 30.8 Å². The predicted molar refractivity (Wildman–Crippen MR) is 47.4 cm³/mol. The van der Waals surface area contributed by atoms with Gasteiger partial charge in [-0.2, -0.15) is 0 Å². The zero-order valence-corrected chi connectivity index (χ0v) is 8.30. The van der Waals surface area contributed by atoms with E-state index in [9.17, 15) is 5.11 Å². The van der Waals surface area contributed by atoms with E-state index in [0.717, 1.165) is 0 Å². The predicted octanol–water partition coefficient (Wildman–Crippen LogP) is -0.222. The fourth-order valence-electron chi connectivity index (χ4n) is 1.81. The summed E-state index contributed by atoms with van der Waals surface area (Å²) in [6.07, 6.45) is -1.31. The molecule has 0 spiro atoms. The van der Waals surface area contributed by atoms with Gasteiger partial charge in [0, 0.05) is 13.0 Å². The standard InChI is InChI=1S/C9H18O4/c1-5-7(4-10)13-6(2)9(12-3)8(5)11/h5-11H,4H2,1-3H3. The van der Waals surface area contributed by atoms with Crippen molar-refractivity contribution >= 4 is 0 Å². The monoisotopic (exact) mass is 190 g/mol. The molecule has 0 amide bonds. The van der Waals surface area contributed by atoms with Crippen molar-refractivity contribution in [3.63, 3.8) is 0 Å². The third kappa shape index (κ3) is 2.02. The Hall–Kier alpha value is -0.160. The molecule has 0 aromatic carbocycles. The summed E-state index contributed by atoms with van der Waals surface area (Å²) in [6.45, 7) is 3.63. The molecule has 1 fully saturated rings. The van der Waals surface area contributed by atoms with Gasteiger partial charge in [-0.25, -0.2) is 0 Å². The van der Waals surface area contributed by atoms with Crippen molar-refractivity contribution in [1.29, 1.82) is 0 Å². The van der Waals surface area contributed by atoms with Gasteiger partial charge in [-0.1, -0.05) is 6.92 Å². The van der Waals surface area contributed by atoms with Gasteiger partial charge in [0.25, 0.3) is 0 Å². The number of rotatable bonds is 2. The molecular formula is C9H18O4. The molecule has 0 saturated carbocycles. The Morgan fingerprint density at radius 1 is 1.38 bits per heavy atom. The van der Waals surface area contributed by atoms with E-state index in [4.69, 9.17) is 14.6 Å². The minimum absolute atomic E-state index is 0.0565. The average molecular weight is 190 g/mol. The van der Waals surface area contributed by atoms with Gasteiger partial charge in [0.2, 0.25) is 0 Å². The minimum Gasteiger partial charge on any atom is -0.394 e. The Kier molecular flexibility index (Phi) is 3.67. The normalized spacial score (nSPS) is 46.4. The van der Waals surface area contributed by atoms with E-state index < -0.39 is 6.10 Å². The van der Waals surface area contributed by atoms with E-state index in [1.54, 1.807) is 7.11 Å². The van der Waals surface area contributed by atoms with Gasteiger partial charge in [-0.3, -0.25) is 0 Å². The van der Waals surface area contributed by atoms with Gasteiger partial charge >= 0.3 is 0 Å². The van der Waals surface area contributed by atoms with Crippen molar-refractivity contribution < 1.29 is 19.7 Å². The highest BCUT2D eigenvalue weighted by Crippen LogP contribution is 2.26. The number of aliphatic hydroxyl groups excluding tert-OH is 2. The number of aliphatic hydroxyl groups is 2. The highest BCUT2D eigenvalue weighted by molar-refractivity contribution is 4.88. The molecule has 0 bridgehead atoms. The first kappa shape index (κ1) is 10.9. The number of hydrogen-bond donors (Lipinski definition) is 2. The molecule has 13 heavy (non-hydrogen) atoms. The van der Waals surface area contributed by atoms with Crippen LogP contribution in [0.4, 0.5) is 0 Å². The van der Waals surface area contributed by atoms with E-state index in [1.165, 1.54) is 0 Å². The van der Waals surface area contributed by atoms with Gasteiger partial charge in [-0.05, 0) is 6.92 Å². The molecule has 4 nitrogen and oxygen atoms in total. The lowest BCUT2D eigenvalue weighted by atomic mass is 9.89. The van der Waals surface area contributed by atoms with Crippen LogP contribution in [-0.4, -0.2) is 48.3 Å². The molecular weight excluding hydrogens is 172 g/mol. The molecule has 78 valence electrons. The topological polar surface area (TPSA) is 58.9 Å². The second kappa shape index (κ2) is 4.37. The highest BCUT2D eigenvalue weighted by atomic mass is 16.6. The largest absolute Gasteiger partial charge is 0.394 e. The lowest BCUT2D eigenvalue weighted by molar-refractivity contribution is -0.206. The van der Waals surface area contributed by atoms with Gasteiger partial charge < -0.3 is 19.7 Å². The summed E-state index contributed by atoms with van der Waals surface area (Å²) in [4.78, 5) is 0. The molecule has 1 heterocycles. The molecule has 0 aliphatic carbocycles. The SMILES string of the molecule is COC1C(C)OC(CO)C(C)C1O. The fraction of sp³-hybridized carbons (Fsp3) is 1.00. The first-order valence-corrected chi connectivity index (χ1v) is 4.59. The van der Waals surface area contributed by atoms with Crippen molar-refractivity contribution in [2.45, 2.75) is 38.3 Å². The van der Waals surface area contributed by atoms with E-state index in [0.29, 0.717) is 0 Å². The fourth-order valence-corrected chi connectivity index (χ4v) is 1.81. The molecule has 1 aliphatic rings. The summed E-state index contributed by atoms with van der Waals surface area (Å²) in [5.41, 5.74) is 0. The molecule has 0 radical (unpaired) electrons. The van der Waals surface area contributed by atoms with Crippen LogP contribution in [-0.2, 0) is 9.47 Å². The summed E-state index contributed by atoms with van der Waals surface area (Å²) in [7, 11) is 1.56. The maximum absolute atomic E-state index is 9.79. The van der Waals surface area contributed by atoms with Crippen molar-refractivity contribution in [3.8, 4) is 0 Å². The van der Waals surface area contributed by atoms with Crippen LogP contribution in [0.25, 0.3) is 0 Å². The Labute approximate surface area is 78.5 Å². The van der Waals surface area contributed by atoms with Crippen LogP contribution in [0.15, 0.2) is 0 Å². The van der Waals surface area contributed by atoms with Crippen LogP contribution < -0.4 is 0 Å². The summed E-state index contributed by atoms with van der Waals surface area (Å²) < 4.78 is 10.6. The van der Waals surface area contributed by atoms with E-state index >= 15 is 0 Å². The van der Waals surface area contributed by atoms with Gasteiger partial charge in [-0.15, -0.1) is 0 Å².